The number of ether oxygens (including phenoxy) is 1. The van der Waals surface area contributed by atoms with Crippen LogP contribution in [0.3, 0.4) is 0 Å². The second-order valence-electron chi connectivity index (χ2n) is 5.71. The normalized spacial score (nSPS) is 13.4. The SMILES string of the molecule is CNC(CCc1ccc(OC)c(Br)c1)C(C)(C)C. The van der Waals surface area contributed by atoms with Crippen molar-refractivity contribution >= 4 is 15.9 Å². The third kappa shape index (κ3) is 4.29. The molecule has 1 rings (SSSR count). The first-order valence-electron chi connectivity index (χ1n) is 6.38. The predicted octanol–water partition coefficient (Wildman–Crippen LogP) is 4.02. The fraction of sp³-hybridized carbons (Fsp3) is 0.600. The van der Waals surface area contributed by atoms with E-state index < -0.39 is 0 Å². The van der Waals surface area contributed by atoms with E-state index in [2.05, 4.69) is 54.2 Å². The summed E-state index contributed by atoms with van der Waals surface area (Å²) in [5.41, 5.74) is 1.63. The maximum absolute atomic E-state index is 5.24. The number of benzene rings is 1. The maximum Gasteiger partial charge on any atom is 0.133 e. The molecule has 102 valence electrons. The Morgan fingerprint density at radius 1 is 1.33 bits per heavy atom. The number of hydrogen-bond donors (Lipinski definition) is 1. The van der Waals surface area contributed by atoms with Gasteiger partial charge in [0.1, 0.15) is 5.75 Å². The Balaban J connectivity index is 2.66. The molecule has 18 heavy (non-hydrogen) atoms. The zero-order valence-corrected chi connectivity index (χ0v) is 13.6. The first kappa shape index (κ1) is 15.5. The minimum absolute atomic E-state index is 0.290. The quantitative estimate of drug-likeness (QED) is 0.886. The lowest BCUT2D eigenvalue weighted by Gasteiger charge is -2.30. The van der Waals surface area contributed by atoms with Crippen LogP contribution < -0.4 is 10.1 Å². The molecule has 1 N–H and O–H groups in total. The lowest BCUT2D eigenvalue weighted by atomic mass is 9.83. The topological polar surface area (TPSA) is 21.3 Å². The Hall–Kier alpha value is -0.540. The molecule has 0 heterocycles. The molecule has 0 aliphatic carbocycles. The van der Waals surface area contributed by atoms with Crippen molar-refractivity contribution in [2.75, 3.05) is 14.2 Å². The summed E-state index contributed by atoms with van der Waals surface area (Å²) in [4.78, 5) is 0. The summed E-state index contributed by atoms with van der Waals surface area (Å²) in [6, 6.07) is 6.83. The van der Waals surface area contributed by atoms with Crippen molar-refractivity contribution in [1.82, 2.24) is 5.32 Å². The van der Waals surface area contributed by atoms with Crippen LogP contribution in [0.15, 0.2) is 22.7 Å². The van der Waals surface area contributed by atoms with Crippen molar-refractivity contribution in [3.8, 4) is 5.75 Å². The van der Waals surface area contributed by atoms with Gasteiger partial charge in [0.15, 0.2) is 0 Å². The summed E-state index contributed by atoms with van der Waals surface area (Å²) >= 11 is 3.53. The molecule has 0 saturated carbocycles. The summed E-state index contributed by atoms with van der Waals surface area (Å²) in [5, 5.41) is 3.41. The number of methoxy groups -OCH3 is 1. The molecule has 3 heteroatoms. The molecule has 1 aromatic rings. The molecule has 0 radical (unpaired) electrons. The van der Waals surface area contributed by atoms with Gasteiger partial charge in [0.25, 0.3) is 0 Å². The standard InChI is InChI=1S/C15H24BrNO/c1-15(2,3)14(17-4)9-7-11-6-8-13(18-5)12(16)10-11/h6,8,10,14,17H,7,9H2,1-5H3. The third-order valence-corrected chi connectivity index (χ3v) is 3.95. The van der Waals surface area contributed by atoms with E-state index in [4.69, 9.17) is 4.74 Å². The van der Waals surface area contributed by atoms with Gasteiger partial charge in [0.05, 0.1) is 11.6 Å². The number of rotatable bonds is 5. The van der Waals surface area contributed by atoms with Crippen LogP contribution >= 0.6 is 15.9 Å². The molecule has 0 saturated heterocycles. The van der Waals surface area contributed by atoms with Gasteiger partial charge in [-0.25, -0.2) is 0 Å². The molecule has 0 aromatic heterocycles. The highest BCUT2D eigenvalue weighted by molar-refractivity contribution is 9.10. The number of halogens is 1. The zero-order valence-electron chi connectivity index (χ0n) is 12.0. The fourth-order valence-corrected chi connectivity index (χ4v) is 2.77. The van der Waals surface area contributed by atoms with Gasteiger partial charge in [-0.1, -0.05) is 26.8 Å². The molecule has 1 aromatic carbocycles. The monoisotopic (exact) mass is 313 g/mol. The molecule has 1 unspecified atom stereocenters. The molecule has 2 nitrogen and oxygen atoms in total. The lowest BCUT2D eigenvalue weighted by molar-refractivity contribution is 0.268. The van der Waals surface area contributed by atoms with Gasteiger partial charge in [-0.2, -0.15) is 0 Å². The van der Waals surface area contributed by atoms with Crippen molar-refractivity contribution in [2.45, 2.75) is 39.7 Å². The molecule has 1 atom stereocenters. The summed E-state index contributed by atoms with van der Waals surface area (Å²) in [7, 11) is 3.73. The Morgan fingerprint density at radius 3 is 2.44 bits per heavy atom. The third-order valence-electron chi connectivity index (χ3n) is 3.33. The van der Waals surface area contributed by atoms with E-state index in [0.717, 1.165) is 23.1 Å². The fourth-order valence-electron chi connectivity index (χ4n) is 2.19. The summed E-state index contributed by atoms with van der Waals surface area (Å²) < 4.78 is 6.27. The van der Waals surface area contributed by atoms with Crippen LogP contribution in [0, 0.1) is 5.41 Å². The van der Waals surface area contributed by atoms with Crippen molar-refractivity contribution in [1.29, 1.82) is 0 Å². The number of hydrogen-bond acceptors (Lipinski definition) is 2. The Bertz CT molecular complexity index is 385. The number of nitrogens with one attached hydrogen (secondary N) is 1. The van der Waals surface area contributed by atoms with E-state index in [1.54, 1.807) is 7.11 Å². The largest absolute Gasteiger partial charge is 0.496 e. The second-order valence-corrected chi connectivity index (χ2v) is 6.57. The van der Waals surface area contributed by atoms with E-state index in [9.17, 15) is 0 Å². The minimum atomic E-state index is 0.290. The Kier molecular flexibility index (Phi) is 5.67. The Labute approximate surface area is 119 Å². The van der Waals surface area contributed by atoms with Gasteiger partial charge in [-0.3, -0.25) is 0 Å². The Morgan fingerprint density at radius 2 is 2.00 bits per heavy atom. The van der Waals surface area contributed by atoms with Crippen LogP contribution in [-0.2, 0) is 6.42 Å². The smallest absolute Gasteiger partial charge is 0.133 e. The second kappa shape index (κ2) is 6.58. The van der Waals surface area contributed by atoms with Crippen molar-refractivity contribution in [2.24, 2.45) is 5.41 Å². The van der Waals surface area contributed by atoms with E-state index in [1.807, 2.05) is 13.1 Å². The molecule has 0 amide bonds. The van der Waals surface area contributed by atoms with Gasteiger partial charge in [-0.15, -0.1) is 0 Å². The van der Waals surface area contributed by atoms with Gasteiger partial charge in [0.2, 0.25) is 0 Å². The average Bonchev–Trinajstić information content (AvgIpc) is 2.28. The van der Waals surface area contributed by atoms with E-state index in [1.165, 1.54) is 5.56 Å². The lowest BCUT2D eigenvalue weighted by Crippen LogP contribution is -2.38. The van der Waals surface area contributed by atoms with Crippen molar-refractivity contribution in [3.63, 3.8) is 0 Å². The zero-order chi connectivity index (χ0) is 13.8. The molecule has 0 bridgehead atoms. The van der Waals surface area contributed by atoms with Crippen LogP contribution in [-0.4, -0.2) is 20.2 Å². The van der Waals surface area contributed by atoms with Crippen LogP contribution in [0.4, 0.5) is 0 Å². The first-order chi connectivity index (χ1) is 8.38. The van der Waals surface area contributed by atoms with Gasteiger partial charge >= 0.3 is 0 Å². The van der Waals surface area contributed by atoms with Crippen LogP contribution in [0.25, 0.3) is 0 Å². The molecule has 0 aliphatic rings. The average molecular weight is 314 g/mol. The van der Waals surface area contributed by atoms with Crippen LogP contribution in [0.2, 0.25) is 0 Å². The first-order valence-corrected chi connectivity index (χ1v) is 7.17. The highest BCUT2D eigenvalue weighted by atomic mass is 79.9. The van der Waals surface area contributed by atoms with E-state index in [-0.39, 0.29) is 0 Å². The number of aryl methyl sites for hydroxylation is 1. The van der Waals surface area contributed by atoms with Crippen LogP contribution in [0.5, 0.6) is 5.75 Å². The molecule has 0 spiro atoms. The van der Waals surface area contributed by atoms with Crippen molar-refractivity contribution < 1.29 is 4.74 Å². The summed E-state index contributed by atoms with van der Waals surface area (Å²) in [6.07, 6.45) is 2.21. The van der Waals surface area contributed by atoms with E-state index in [0.29, 0.717) is 11.5 Å². The molecule has 0 fully saturated rings. The van der Waals surface area contributed by atoms with Crippen LogP contribution in [0.1, 0.15) is 32.8 Å². The maximum atomic E-state index is 5.24. The van der Waals surface area contributed by atoms with Gasteiger partial charge in [0, 0.05) is 6.04 Å². The highest BCUT2D eigenvalue weighted by Crippen LogP contribution is 2.27. The highest BCUT2D eigenvalue weighted by Gasteiger charge is 2.22. The summed E-state index contributed by atoms with van der Waals surface area (Å²) in [6.45, 7) is 6.83. The molecular formula is C15H24BrNO. The predicted molar refractivity (Wildman–Crippen MR) is 81.3 cm³/mol. The van der Waals surface area contributed by atoms with Crippen molar-refractivity contribution in [3.05, 3.63) is 28.2 Å². The van der Waals surface area contributed by atoms with Gasteiger partial charge < -0.3 is 10.1 Å². The van der Waals surface area contributed by atoms with Gasteiger partial charge in [-0.05, 0) is 58.9 Å². The van der Waals surface area contributed by atoms with E-state index >= 15 is 0 Å². The minimum Gasteiger partial charge on any atom is -0.496 e. The molecular weight excluding hydrogens is 290 g/mol. The molecule has 0 aliphatic heterocycles. The summed E-state index contributed by atoms with van der Waals surface area (Å²) in [5.74, 6) is 0.889.